The van der Waals surface area contributed by atoms with E-state index < -0.39 is 6.61 Å². The molecule has 0 aliphatic heterocycles. The van der Waals surface area contributed by atoms with Crippen molar-refractivity contribution in [1.29, 1.82) is 0 Å². The molecule has 0 atom stereocenters. The van der Waals surface area contributed by atoms with Gasteiger partial charge in [-0.2, -0.15) is 13.9 Å². The minimum absolute atomic E-state index is 0.0813. The first-order chi connectivity index (χ1) is 16.0. The van der Waals surface area contributed by atoms with Gasteiger partial charge < -0.3 is 24.6 Å². The summed E-state index contributed by atoms with van der Waals surface area (Å²) in [6.45, 7) is -2.41. The molecule has 0 aliphatic rings. The number of benzene rings is 2. The highest BCUT2D eigenvalue weighted by molar-refractivity contribution is 5.75. The molecule has 2 N–H and O–H groups in total. The lowest BCUT2D eigenvalue weighted by molar-refractivity contribution is -0.121. The minimum Gasteiger partial charge on any atom is -0.497 e. The second-order valence-corrected chi connectivity index (χ2v) is 6.96. The Balaban J connectivity index is 1.72. The van der Waals surface area contributed by atoms with Crippen molar-refractivity contribution in [3.05, 3.63) is 60.3 Å². The van der Waals surface area contributed by atoms with Gasteiger partial charge in [0.1, 0.15) is 12.4 Å². The normalized spacial score (nSPS) is 10.8. The average Bonchev–Trinajstić information content (AvgIpc) is 3.30. The van der Waals surface area contributed by atoms with Crippen LogP contribution in [0, 0.1) is 0 Å². The summed E-state index contributed by atoms with van der Waals surface area (Å²) >= 11 is 0. The molecular formula is C23H25F2N3O5. The number of aliphatic hydroxyl groups excluding tert-OH is 1. The third-order valence-electron chi connectivity index (χ3n) is 4.65. The van der Waals surface area contributed by atoms with Crippen LogP contribution >= 0.6 is 0 Å². The van der Waals surface area contributed by atoms with Crippen LogP contribution in [-0.2, 0) is 17.9 Å². The number of ether oxygens (including phenoxy) is 3. The number of carbonyl (C=O) groups is 1. The molecule has 0 saturated carbocycles. The van der Waals surface area contributed by atoms with E-state index in [1.807, 2.05) is 12.1 Å². The molecule has 0 spiro atoms. The summed E-state index contributed by atoms with van der Waals surface area (Å²) in [5, 5.41) is 15.8. The number of amides is 1. The molecule has 1 aromatic heterocycles. The van der Waals surface area contributed by atoms with Crippen LogP contribution in [0.1, 0.15) is 12.0 Å². The molecule has 3 rings (SSSR count). The largest absolute Gasteiger partial charge is 0.497 e. The molecule has 0 unspecified atom stereocenters. The second kappa shape index (κ2) is 11.8. The predicted molar refractivity (Wildman–Crippen MR) is 116 cm³/mol. The maximum atomic E-state index is 12.8. The monoisotopic (exact) mass is 461 g/mol. The number of methoxy groups -OCH3 is 1. The van der Waals surface area contributed by atoms with E-state index in [1.165, 1.54) is 6.07 Å². The molecule has 0 radical (unpaired) electrons. The number of aryl methyl sites for hydroxylation is 1. The van der Waals surface area contributed by atoms with Gasteiger partial charge in [-0.3, -0.25) is 9.48 Å². The van der Waals surface area contributed by atoms with Gasteiger partial charge in [0, 0.05) is 31.3 Å². The number of alkyl halides is 2. The van der Waals surface area contributed by atoms with Gasteiger partial charge in [0.15, 0.2) is 11.5 Å². The van der Waals surface area contributed by atoms with E-state index in [9.17, 15) is 13.6 Å². The second-order valence-electron chi connectivity index (χ2n) is 6.96. The topological polar surface area (TPSA) is 94.8 Å². The first-order valence-corrected chi connectivity index (χ1v) is 10.2. The van der Waals surface area contributed by atoms with Crippen LogP contribution in [0.25, 0.3) is 11.3 Å². The molecule has 2 aromatic carbocycles. The van der Waals surface area contributed by atoms with Crippen LogP contribution in [-0.4, -0.2) is 47.7 Å². The maximum absolute atomic E-state index is 12.8. The van der Waals surface area contributed by atoms with E-state index in [4.69, 9.17) is 14.6 Å². The molecule has 33 heavy (non-hydrogen) atoms. The van der Waals surface area contributed by atoms with Gasteiger partial charge in [-0.15, -0.1) is 0 Å². The summed E-state index contributed by atoms with van der Waals surface area (Å²) < 4.78 is 42.8. The number of halogens is 2. The SMILES string of the molecule is COc1ccc(COc2cc(-c3ccn(CCC(=O)NCCO)n3)ccc2OC(F)F)cc1. The van der Waals surface area contributed by atoms with Crippen molar-refractivity contribution in [2.45, 2.75) is 26.2 Å². The van der Waals surface area contributed by atoms with Gasteiger partial charge in [0.25, 0.3) is 0 Å². The third kappa shape index (κ3) is 7.18. The van der Waals surface area contributed by atoms with E-state index in [2.05, 4.69) is 15.2 Å². The molecule has 1 heterocycles. The molecule has 176 valence electrons. The smallest absolute Gasteiger partial charge is 0.387 e. The van der Waals surface area contributed by atoms with Crippen LogP contribution < -0.4 is 19.5 Å². The first kappa shape index (κ1) is 24.0. The molecule has 0 saturated heterocycles. The van der Waals surface area contributed by atoms with Crippen molar-refractivity contribution in [3.63, 3.8) is 0 Å². The number of carbonyl (C=O) groups excluding carboxylic acids is 1. The Morgan fingerprint density at radius 3 is 2.64 bits per heavy atom. The molecule has 0 fully saturated rings. The fourth-order valence-electron chi connectivity index (χ4n) is 3.00. The van der Waals surface area contributed by atoms with Crippen molar-refractivity contribution in [1.82, 2.24) is 15.1 Å². The zero-order valence-corrected chi connectivity index (χ0v) is 18.0. The Kier molecular flexibility index (Phi) is 8.59. The van der Waals surface area contributed by atoms with Crippen molar-refractivity contribution < 1.29 is 32.9 Å². The van der Waals surface area contributed by atoms with Gasteiger partial charge >= 0.3 is 6.61 Å². The van der Waals surface area contributed by atoms with Crippen molar-refractivity contribution >= 4 is 5.91 Å². The summed E-state index contributed by atoms with van der Waals surface area (Å²) in [6, 6.07) is 13.5. The minimum atomic E-state index is -2.99. The van der Waals surface area contributed by atoms with E-state index in [0.717, 1.165) is 5.56 Å². The molecule has 8 nitrogen and oxygen atoms in total. The Morgan fingerprint density at radius 2 is 1.94 bits per heavy atom. The highest BCUT2D eigenvalue weighted by Gasteiger charge is 2.14. The van der Waals surface area contributed by atoms with Gasteiger partial charge in [0.2, 0.25) is 5.91 Å². The van der Waals surface area contributed by atoms with Gasteiger partial charge in [-0.05, 0) is 42.0 Å². The fraction of sp³-hybridized carbons (Fsp3) is 0.304. The summed E-state index contributed by atoms with van der Waals surface area (Å²) in [6.07, 6.45) is 1.93. The molecule has 0 bridgehead atoms. The number of nitrogens with zero attached hydrogens (tertiary/aromatic N) is 2. The van der Waals surface area contributed by atoms with Crippen LogP contribution in [0.15, 0.2) is 54.7 Å². The van der Waals surface area contributed by atoms with Crippen LogP contribution in [0.5, 0.6) is 17.2 Å². The lowest BCUT2D eigenvalue weighted by atomic mass is 10.1. The van der Waals surface area contributed by atoms with Gasteiger partial charge in [0.05, 0.1) is 19.4 Å². The van der Waals surface area contributed by atoms with E-state index >= 15 is 0 Å². The van der Waals surface area contributed by atoms with E-state index in [1.54, 1.807) is 48.3 Å². The van der Waals surface area contributed by atoms with Crippen molar-refractivity contribution in [2.75, 3.05) is 20.3 Å². The number of hydrogen-bond acceptors (Lipinski definition) is 6. The van der Waals surface area contributed by atoms with Crippen LogP contribution in [0.3, 0.4) is 0 Å². The Bertz CT molecular complexity index is 1040. The summed E-state index contributed by atoms with van der Waals surface area (Å²) in [5.41, 5.74) is 2.06. The molecule has 1 amide bonds. The average molecular weight is 461 g/mol. The number of rotatable bonds is 12. The van der Waals surface area contributed by atoms with Gasteiger partial charge in [-0.25, -0.2) is 0 Å². The lowest BCUT2D eigenvalue weighted by Gasteiger charge is -2.13. The van der Waals surface area contributed by atoms with Crippen LogP contribution in [0.4, 0.5) is 8.78 Å². The predicted octanol–water partition coefficient (Wildman–Crippen LogP) is 3.24. The van der Waals surface area contributed by atoms with Gasteiger partial charge in [-0.1, -0.05) is 12.1 Å². The lowest BCUT2D eigenvalue weighted by Crippen LogP contribution is -2.27. The third-order valence-corrected chi connectivity index (χ3v) is 4.65. The number of nitrogens with one attached hydrogen (secondary N) is 1. The molecule has 3 aromatic rings. The van der Waals surface area contributed by atoms with Crippen LogP contribution in [0.2, 0.25) is 0 Å². The quantitative estimate of drug-likeness (QED) is 0.430. The molecular weight excluding hydrogens is 436 g/mol. The molecule has 10 heteroatoms. The Labute approximate surface area is 189 Å². The standard InChI is InChI=1S/C23H25F2N3O5/c1-31-18-5-2-16(3-6-18)15-32-21-14-17(4-7-20(21)33-23(24)25)19-8-11-28(27-19)12-9-22(30)26-10-13-29/h2-8,11,14,23,29H,9-10,12-13,15H2,1H3,(H,26,30). The first-order valence-electron chi connectivity index (χ1n) is 10.2. The maximum Gasteiger partial charge on any atom is 0.387 e. The molecule has 0 aliphatic carbocycles. The van der Waals surface area contributed by atoms with E-state index in [0.29, 0.717) is 23.6 Å². The highest BCUT2D eigenvalue weighted by atomic mass is 19.3. The zero-order chi connectivity index (χ0) is 23.6. The summed E-state index contributed by atoms with van der Waals surface area (Å²) in [5.74, 6) is 0.580. The van der Waals surface area contributed by atoms with Crippen molar-refractivity contribution in [3.8, 4) is 28.5 Å². The summed E-state index contributed by atoms with van der Waals surface area (Å²) in [7, 11) is 1.57. The summed E-state index contributed by atoms with van der Waals surface area (Å²) in [4.78, 5) is 11.7. The number of aliphatic hydroxyl groups is 1. The number of aromatic nitrogens is 2. The zero-order valence-electron chi connectivity index (χ0n) is 18.0. The Hall–Kier alpha value is -3.66. The van der Waals surface area contributed by atoms with E-state index in [-0.39, 0.29) is 43.6 Å². The van der Waals surface area contributed by atoms with Crippen molar-refractivity contribution in [2.24, 2.45) is 0 Å². The number of hydrogen-bond donors (Lipinski definition) is 2. The Morgan fingerprint density at radius 1 is 1.15 bits per heavy atom. The fourth-order valence-corrected chi connectivity index (χ4v) is 3.00. The highest BCUT2D eigenvalue weighted by Crippen LogP contribution is 2.34.